The molecule has 3 aromatic rings. The molecular weight excluding hydrogens is 388 g/mol. The van der Waals surface area contributed by atoms with Gasteiger partial charge in [-0.3, -0.25) is 9.89 Å². The highest BCUT2D eigenvalue weighted by molar-refractivity contribution is 7.89. The van der Waals surface area contributed by atoms with Crippen molar-refractivity contribution in [3.8, 4) is 0 Å². The van der Waals surface area contributed by atoms with Crippen molar-refractivity contribution >= 4 is 26.7 Å². The molecule has 1 aromatic heterocycles. The number of amides is 1. The van der Waals surface area contributed by atoms with Crippen molar-refractivity contribution in [2.45, 2.75) is 25.2 Å². The largest absolute Gasteiger partial charge is 0.337 e. The molecule has 8 heteroatoms. The summed E-state index contributed by atoms with van der Waals surface area (Å²) in [7, 11) is -3.65. The van der Waals surface area contributed by atoms with Gasteiger partial charge in [-0.05, 0) is 37.1 Å². The minimum Gasteiger partial charge on any atom is -0.337 e. The van der Waals surface area contributed by atoms with Crippen LogP contribution in [-0.4, -0.2) is 59.9 Å². The van der Waals surface area contributed by atoms with E-state index in [1.807, 2.05) is 42.5 Å². The number of nitrogens with one attached hydrogen (secondary N) is 1. The van der Waals surface area contributed by atoms with Gasteiger partial charge in [0.2, 0.25) is 10.0 Å². The van der Waals surface area contributed by atoms with Gasteiger partial charge < -0.3 is 4.90 Å². The molecule has 1 aliphatic rings. The van der Waals surface area contributed by atoms with Crippen molar-refractivity contribution in [1.82, 2.24) is 19.4 Å². The lowest BCUT2D eigenvalue weighted by Crippen LogP contribution is -2.37. The molecule has 0 bridgehead atoms. The first-order chi connectivity index (χ1) is 13.9. The Morgan fingerprint density at radius 3 is 2.52 bits per heavy atom. The Morgan fingerprint density at radius 2 is 1.76 bits per heavy atom. The highest BCUT2D eigenvalue weighted by Crippen LogP contribution is 2.24. The van der Waals surface area contributed by atoms with E-state index in [0.29, 0.717) is 43.0 Å². The smallest absolute Gasteiger partial charge is 0.254 e. The lowest BCUT2D eigenvalue weighted by molar-refractivity contribution is 0.0766. The van der Waals surface area contributed by atoms with Gasteiger partial charge in [0, 0.05) is 31.7 Å². The number of H-pyrrole nitrogens is 1. The third-order valence-corrected chi connectivity index (χ3v) is 7.58. The van der Waals surface area contributed by atoms with Crippen LogP contribution in [0.3, 0.4) is 0 Å². The molecular formula is C21H24N4O3S. The molecule has 1 saturated heterocycles. The number of nitrogens with zero attached hydrogens (tertiary/aromatic N) is 3. The SMILES string of the molecule is Cc1n[nH]c(C)c1S(=O)(=O)N1CCCN(C(=O)c2cccc3ccccc23)CC1. The van der Waals surface area contributed by atoms with E-state index in [9.17, 15) is 13.2 Å². The first-order valence-corrected chi connectivity index (χ1v) is 11.1. The summed E-state index contributed by atoms with van der Waals surface area (Å²) >= 11 is 0. The van der Waals surface area contributed by atoms with Gasteiger partial charge in [0.15, 0.2) is 0 Å². The van der Waals surface area contributed by atoms with Crippen LogP contribution in [0.4, 0.5) is 0 Å². The molecule has 7 nitrogen and oxygen atoms in total. The number of rotatable bonds is 3. The van der Waals surface area contributed by atoms with Crippen LogP contribution in [-0.2, 0) is 10.0 Å². The second-order valence-corrected chi connectivity index (χ2v) is 9.21. The van der Waals surface area contributed by atoms with Gasteiger partial charge in [-0.25, -0.2) is 8.42 Å². The number of benzene rings is 2. The number of aryl methyl sites for hydroxylation is 2. The lowest BCUT2D eigenvalue weighted by Gasteiger charge is -2.22. The molecule has 2 heterocycles. The number of sulfonamides is 1. The van der Waals surface area contributed by atoms with E-state index in [1.165, 1.54) is 4.31 Å². The summed E-state index contributed by atoms with van der Waals surface area (Å²) in [5.41, 5.74) is 1.66. The number of aromatic nitrogens is 2. The second-order valence-electron chi connectivity index (χ2n) is 7.34. The topological polar surface area (TPSA) is 86.4 Å². The summed E-state index contributed by atoms with van der Waals surface area (Å²) < 4.78 is 27.7. The third kappa shape index (κ3) is 3.54. The van der Waals surface area contributed by atoms with Crippen LogP contribution in [0.25, 0.3) is 10.8 Å². The predicted molar refractivity (Wildman–Crippen MR) is 111 cm³/mol. The van der Waals surface area contributed by atoms with Gasteiger partial charge in [-0.1, -0.05) is 36.4 Å². The molecule has 0 aliphatic carbocycles. The monoisotopic (exact) mass is 412 g/mol. The predicted octanol–water partition coefficient (Wildman–Crippen LogP) is 2.72. The van der Waals surface area contributed by atoms with Crippen LogP contribution in [0.15, 0.2) is 47.4 Å². The van der Waals surface area contributed by atoms with E-state index in [2.05, 4.69) is 10.2 Å². The van der Waals surface area contributed by atoms with Crippen LogP contribution in [0.5, 0.6) is 0 Å². The summed E-state index contributed by atoms with van der Waals surface area (Å²) in [6.07, 6.45) is 0.589. The summed E-state index contributed by atoms with van der Waals surface area (Å²) in [4.78, 5) is 15.2. The molecule has 4 rings (SSSR count). The van der Waals surface area contributed by atoms with Gasteiger partial charge >= 0.3 is 0 Å². The molecule has 29 heavy (non-hydrogen) atoms. The summed E-state index contributed by atoms with van der Waals surface area (Å²) in [5.74, 6) is -0.0586. The molecule has 1 N–H and O–H groups in total. The normalized spacial score (nSPS) is 16.1. The standard InChI is InChI=1S/C21H24N4O3S/c1-15-20(16(2)23-22-15)29(27,28)25-12-6-11-24(13-14-25)21(26)19-10-5-8-17-7-3-4-9-18(17)19/h3-5,7-10H,6,11-14H2,1-2H3,(H,22,23). The van der Waals surface area contributed by atoms with Crippen LogP contribution >= 0.6 is 0 Å². The first kappa shape index (κ1) is 19.6. The van der Waals surface area contributed by atoms with Gasteiger partial charge in [-0.2, -0.15) is 9.40 Å². The maximum absolute atomic E-state index is 13.2. The van der Waals surface area contributed by atoms with Gasteiger partial charge in [0.25, 0.3) is 5.91 Å². The minimum absolute atomic E-state index is 0.0586. The molecule has 0 atom stereocenters. The van der Waals surface area contributed by atoms with E-state index in [0.717, 1.165) is 10.8 Å². The van der Waals surface area contributed by atoms with Crippen molar-refractivity contribution in [2.24, 2.45) is 0 Å². The van der Waals surface area contributed by atoms with Crippen LogP contribution < -0.4 is 0 Å². The van der Waals surface area contributed by atoms with Crippen molar-refractivity contribution in [1.29, 1.82) is 0 Å². The fourth-order valence-electron chi connectivity index (χ4n) is 3.97. The minimum atomic E-state index is -3.65. The number of carbonyl (C=O) groups is 1. The first-order valence-electron chi connectivity index (χ1n) is 9.68. The fourth-order valence-corrected chi connectivity index (χ4v) is 5.77. The molecule has 1 amide bonds. The number of aromatic amines is 1. The highest BCUT2D eigenvalue weighted by Gasteiger charge is 2.32. The van der Waals surface area contributed by atoms with Crippen LogP contribution in [0.1, 0.15) is 28.2 Å². The highest BCUT2D eigenvalue weighted by atomic mass is 32.2. The van der Waals surface area contributed by atoms with E-state index in [1.54, 1.807) is 18.7 Å². The number of fused-ring (bicyclic) bond motifs is 1. The average Bonchev–Trinajstić information content (AvgIpc) is 2.92. The molecule has 0 radical (unpaired) electrons. The Morgan fingerprint density at radius 1 is 1.00 bits per heavy atom. The molecule has 152 valence electrons. The fraction of sp³-hybridized carbons (Fsp3) is 0.333. The molecule has 1 aliphatic heterocycles. The maximum Gasteiger partial charge on any atom is 0.254 e. The van der Waals surface area contributed by atoms with E-state index < -0.39 is 10.0 Å². The van der Waals surface area contributed by atoms with Gasteiger partial charge in [-0.15, -0.1) is 0 Å². The summed E-state index contributed by atoms with van der Waals surface area (Å²) in [5, 5.41) is 8.69. The molecule has 1 fully saturated rings. The third-order valence-electron chi connectivity index (χ3n) is 5.42. The van der Waals surface area contributed by atoms with Crippen molar-refractivity contribution in [2.75, 3.05) is 26.2 Å². The Labute approximate surface area is 170 Å². The van der Waals surface area contributed by atoms with Crippen molar-refractivity contribution in [3.63, 3.8) is 0 Å². The molecule has 2 aromatic carbocycles. The van der Waals surface area contributed by atoms with Crippen molar-refractivity contribution in [3.05, 3.63) is 59.4 Å². The molecule has 0 spiro atoms. The Bertz CT molecular complexity index is 1140. The average molecular weight is 413 g/mol. The Hall–Kier alpha value is -2.71. The van der Waals surface area contributed by atoms with Crippen LogP contribution in [0, 0.1) is 13.8 Å². The maximum atomic E-state index is 13.2. The molecule has 0 saturated carbocycles. The zero-order valence-electron chi connectivity index (χ0n) is 16.6. The Balaban J connectivity index is 1.57. The zero-order chi connectivity index (χ0) is 20.6. The quantitative estimate of drug-likeness (QED) is 0.717. The van der Waals surface area contributed by atoms with Gasteiger partial charge in [0.1, 0.15) is 4.90 Å². The van der Waals surface area contributed by atoms with E-state index >= 15 is 0 Å². The number of hydrogen-bond acceptors (Lipinski definition) is 4. The lowest BCUT2D eigenvalue weighted by atomic mass is 10.0. The van der Waals surface area contributed by atoms with E-state index in [-0.39, 0.29) is 17.3 Å². The summed E-state index contributed by atoms with van der Waals surface area (Å²) in [6, 6.07) is 13.5. The molecule has 0 unspecified atom stereocenters. The van der Waals surface area contributed by atoms with Gasteiger partial charge in [0.05, 0.1) is 11.4 Å². The Kier molecular flexibility index (Phi) is 5.14. The van der Waals surface area contributed by atoms with E-state index in [4.69, 9.17) is 0 Å². The summed E-state index contributed by atoms with van der Waals surface area (Å²) in [6.45, 7) is 4.93. The second kappa shape index (κ2) is 7.61. The zero-order valence-corrected chi connectivity index (χ0v) is 17.4. The van der Waals surface area contributed by atoms with Crippen LogP contribution in [0.2, 0.25) is 0 Å². The van der Waals surface area contributed by atoms with Crippen molar-refractivity contribution < 1.29 is 13.2 Å². The number of carbonyl (C=O) groups excluding carboxylic acids is 1. The number of hydrogen-bond donors (Lipinski definition) is 1.